The molecule has 9 nitrogen and oxygen atoms in total. The van der Waals surface area contributed by atoms with E-state index in [2.05, 4.69) is 25.8 Å². The zero-order chi connectivity index (χ0) is 21.1. The van der Waals surface area contributed by atoms with Crippen molar-refractivity contribution in [1.29, 1.82) is 0 Å². The average Bonchev–Trinajstić information content (AvgIpc) is 3.59. The molecule has 3 aliphatic rings. The fourth-order valence-electron chi connectivity index (χ4n) is 3.79. The first-order valence-corrected chi connectivity index (χ1v) is 9.92. The standard InChI is InChI=1S/C18H22F3N9/c1-2-23-15-12(17(19,20)21)10-24-18(22,27-15)14-9-13(28-29(14)11-3-4-11)16(5-6-16)30-25-7-8-26-30/h7-11,24H,2-6,22H2,1H3,(H,23,27). The summed E-state index contributed by atoms with van der Waals surface area (Å²) >= 11 is 0. The van der Waals surface area contributed by atoms with Gasteiger partial charge in [-0.3, -0.25) is 10.4 Å². The van der Waals surface area contributed by atoms with Gasteiger partial charge in [-0.2, -0.15) is 33.3 Å². The maximum atomic E-state index is 13.4. The third-order valence-electron chi connectivity index (χ3n) is 5.65. The van der Waals surface area contributed by atoms with Crippen molar-refractivity contribution in [2.24, 2.45) is 10.7 Å². The average molecular weight is 421 g/mol. The highest BCUT2D eigenvalue weighted by Gasteiger charge is 2.52. The van der Waals surface area contributed by atoms with Crippen LogP contribution >= 0.6 is 0 Å². The zero-order valence-electron chi connectivity index (χ0n) is 16.3. The van der Waals surface area contributed by atoms with Gasteiger partial charge in [-0.1, -0.05) is 0 Å². The predicted octanol–water partition coefficient (Wildman–Crippen LogP) is 1.47. The molecule has 5 rings (SSSR count). The van der Waals surface area contributed by atoms with Gasteiger partial charge in [-0.25, -0.2) is 4.99 Å². The third-order valence-corrected chi connectivity index (χ3v) is 5.65. The molecule has 2 aliphatic carbocycles. The molecule has 0 saturated heterocycles. The minimum atomic E-state index is -4.55. The summed E-state index contributed by atoms with van der Waals surface area (Å²) in [6.07, 6.45) is 3.09. The smallest absolute Gasteiger partial charge is 0.370 e. The van der Waals surface area contributed by atoms with Crippen molar-refractivity contribution in [3.05, 3.63) is 41.6 Å². The first kappa shape index (κ1) is 19.1. The van der Waals surface area contributed by atoms with Crippen LogP contribution in [0.25, 0.3) is 0 Å². The molecule has 160 valence electrons. The summed E-state index contributed by atoms with van der Waals surface area (Å²) in [7, 11) is 0. The van der Waals surface area contributed by atoms with Gasteiger partial charge in [-0.15, -0.1) is 0 Å². The number of nitrogens with two attached hydrogens (primary N) is 1. The highest BCUT2D eigenvalue weighted by Crippen LogP contribution is 2.49. The van der Waals surface area contributed by atoms with Gasteiger partial charge in [0.1, 0.15) is 22.6 Å². The summed E-state index contributed by atoms with van der Waals surface area (Å²) in [6, 6.07) is 1.98. The number of aliphatic imine (C=N–C) groups is 1. The SMILES string of the molecule is CCNC1=NC(N)(c2cc(C3(n4nccn4)CC3)nn2C2CC2)NC=C1C(F)(F)F. The van der Waals surface area contributed by atoms with E-state index in [-0.39, 0.29) is 18.4 Å². The molecular formula is C18H22F3N9. The van der Waals surface area contributed by atoms with E-state index in [9.17, 15) is 13.2 Å². The molecule has 30 heavy (non-hydrogen) atoms. The number of nitrogens with zero attached hydrogens (tertiary/aromatic N) is 6. The van der Waals surface area contributed by atoms with Crippen LogP contribution in [0.3, 0.4) is 0 Å². The van der Waals surface area contributed by atoms with Crippen LogP contribution in [-0.4, -0.2) is 43.3 Å². The van der Waals surface area contributed by atoms with Gasteiger partial charge in [0.2, 0.25) is 5.79 Å². The van der Waals surface area contributed by atoms with Crippen LogP contribution in [0.4, 0.5) is 13.2 Å². The summed E-state index contributed by atoms with van der Waals surface area (Å²) in [6.45, 7) is 1.99. The molecule has 1 unspecified atom stereocenters. The van der Waals surface area contributed by atoms with Crippen LogP contribution in [0.15, 0.2) is 35.2 Å². The number of halogens is 3. The Kier molecular flexibility index (Phi) is 4.01. The minimum absolute atomic E-state index is 0.156. The molecule has 0 aromatic carbocycles. The van der Waals surface area contributed by atoms with Gasteiger partial charge in [0.15, 0.2) is 0 Å². The molecular weight excluding hydrogens is 399 g/mol. The second-order valence-corrected chi connectivity index (χ2v) is 7.90. The maximum absolute atomic E-state index is 13.4. The lowest BCUT2D eigenvalue weighted by Gasteiger charge is -2.32. The number of hydrogen-bond acceptors (Lipinski definition) is 7. The Morgan fingerprint density at radius 2 is 1.97 bits per heavy atom. The van der Waals surface area contributed by atoms with Crippen molar-refractivity contribution in [2.75, 3.05) is 6.54 Å². The molecule has 0 radical (unpaired) electrons. The fourth-order valence-corrected chi connectivity index (χ4v) is 3.79. The Bertz CT molecular complexity index is 1010. The first-order chi connectivity index (χ1) is 14.3. The van der Waals surface area contributed by atoms with Crippen molar-refractivity contribution < 1.29 is 13.2 Å². The maximum Gasteiger partial charge on any atom is 0.421 e. The number of aromatic nitrogens is 5. The first-order valence-electron chi connectivity index (χ1n) is 9.92. The summed E-state index contributed by atoms with van der Waals surface area (Å²) in [5, 5.41) is 18.7. The van der Waals surface area contributed by atoms with Gasteiger partial charge in [0, 0.05) is 12.7 Å². The van der Waals surface area contributed by atoms with Crippen molar-refractivity contribution >= 4 is 5.84 Å². The van der Waals surface area contributed by atoms with Crippen LogP contribution in [0.2, 0.25) is 0 Å². The van der Waals surface area contributed by atoms with Gasteiger partial charge in [0.25, 0.3) is 0 Å². The van der Waals surface area contributed by atoms with E-state index in [1.165, 1.54) is 0 Å². The van der Waals surface area contributed by atoms with Gasteiger partial charge in [-0.05, 0) is 38.7 Å². The molecule has 2 saturated carbocycles. The highest BCUT2D eigenvalue weighted by atomic mass is 19.4. The minimum Gasteiger partial charge on any atom is -0.370 e. The van der Waals surface area contributed by atoms with E-state index >= 15 is 0 Å². The number of nitrogens with one attached hydrogen (secondary N) is 2. The van der Waals surface area contributed by atoms with Crippen LogP contribution < -0.4 is 16.4 Å². The van der Waals surface area contributed by atoms with Crippen molar-refractivity contribution in [3.63, 3.8) is 0 Å². The lowest BCUT2D eigenvalue weighted by molar-refractivity contribution is -0.0872. The van der Waals surface area contributed by atoms with Crippen LogP contribution in [-0.2, 0) is 11.3 Å². The molecule has 2 fully saturated rings. The number of amidine groups is 1. The Hall–Kier alpha value is -2.89. The number of alkyl halides is 3. The van der Waals surface area contributed by atoms with Gasteiger partial charge < -0.3 is 10.6 Å². The van der Waals surface area contributed by atoms with E-state index in [1.54, 1.807) is 28.8 Å². The van der Waals surface area contributed by atoms with Crippen LogP contribution in [0, 0.1) is 0 Å². The molecule has 4 N–H and O–H groups in total. The quantitative estimate of drug-likeness (QED) is 0.674. The van der Waals surface area contributed by atoms with Crippen LogP contribution in [0.5, 0.6) is 0 Å². The molecule has 3 heterocycles. The third kappa shape index (κ3) is 2.97. The summed E-state index contributed by atoms with van der Waals surface area (Å²) in [5.41, 5.74) is 6.46. The number of hydrogen-bond donors (Lipinski definition) is 3. The second kappa shape index (κ2) is 6.30. The van der Waals surface area contributed by atoms with E-state index in [0.29, 0.717) is 5.69 Å². The Morgan fingerprint density at radius 3 is 2.53 bits per heavy atom. The summed E-state index contributed by atoms with van der Waals surface area (Å²) < 4.78 is 42.0. The molecule has 2 aromatic rings. The van der Waals surface area contributed by atoms with E-state index in [4.69, 9.17) is 10.8 Å². The second-order valence-electron chi connectivity index (χ2n) is 7.90. The Morgan fingerprint density at radius 1 is 1.27 bits per heavy atom. The molecule has 1 atom stereocenters. The lowest BCUT2D eigenvalue weighted by Crippen LogP contribution is -2.53. The molecule has 0 bridgehead atoms. The normalized spacial score (nSPS) is 25.4. The summed E-state index contributed by atoms with van der Waals surface area (Å²) in [5.74, 6) is -1.86. The lowest BCUT2D eigenvalue weighted by atomic mass is 10.1. The Balaban J connectivity index is 1.57. The van der Waals surface area contributed by atoms with Gasteiger partial charge in [0.05, 0.1) is 24.1 Å². The topological polar surface area (TPSA) is 111 Å². The molecule has 12 heteroatoms. The Labute approximate surface area is 170 Å². The molecule has 0 spiro atoms. The number of likely N-dealkylation sites (N-methyl/N-ethyl adjacent to an activating group) is 1. The van der Waals surface area contributed by atoms with Crippen LogP contribution in [0.1, 0.15) is 50.0 Å². The number of rotatable bonds is 5. The molecule has 2 aromatic heterocycles. The van der Waals surface area contributed by atoms with E-state index in [1.807, 2.05) is 6.07 Å². The molecule has 0 amide bonds. The van der Waals surface area contributed by atoms with Crippen molar-refractivity contribution in [1.82, 2.24) is 35.4 Å². The molecule has 1 aliphatic heterocycles. The van der Waals surface area contributed by atoms with Crippen molar-refractivity contribution in [2.45, 2.75) is 56.2 Å². The van der Waals surface area contributed by atoms with Gasteiger partial charge >= 0.3 is 6.18 Å². The largest absolute Gasteiger partial charge is 0.421 e. The fraction of sp³-hybridized carbons (Fsp3) is 0.556. The van der Waals surface area contributed by atoms with E-state index < -0.39 is 23.1 Å². The zero-order valence-corrected chi connectivity index (χ0v) is 16.3. The highest BCUT2D eigenvalue weighted by molar-refractivity contribution is 6.00. The summed E-state index contributed by atoms with van der Waals surface area (Å²) in [4.78, 5) is 5.90. The van der Waals surface area contributed by atoms with E-state index in [0.717, 1.165) is 37.6 Å². The van der Waals surface area contributed by atoms with Crippen molar-refractivity contribution in [3.8, 4) is 0 Å². The predicted molar refractivity (Wildman–Crippen MR) is 101 cm³/mol. The monoisotopic (exact) mass is 421 g/mol.